The third kappa shape index (κ3) is 3.49. The number of carbonyl (C=O) groups is 1. The maximum atomic E-state index is 12.8. The number of phenols is 4. The monoisotopic (exact) mass is 450 g/mol. The normalized spacial score (nSPS) is 29.9. The summed E-state index contributed by atoms with van der Waals surface area (Å²) in [7, 11) is 0. The molecular weight excluding hydrogens is 428 g/mol. The first kappa shape index (κ1) is 22.1. The molecule has 11 heteroatoms. The Hall–Kier alpha value is -3.09. The van der Waals surface area contributed by atoms with Crippen LogP contribution in [0, 0.1) is 0 Å². The molecule has 2 aromatic carbocycles. The molecule has 0 bridgehead atoms. The van der Waals surface area contributed by atoms with Gasteiger partial charge in [-0.05, 0) is 17.7 Å². The van der Waals surface area contributed by atoms with Crippen molar-refractivity contribution in [2.75, 3.05) is 6.61 Å². The Morgan fingerprint density at radius 1 is 0.906 bits per heavy atom. The number of hydrogen-bond acceptors (Lipinski definition) is 11. The molecule has 2 aliphatic heterocycles. The molecule has 2 heterocycles. The highest BCUT2D eigenvalue weighted by Gasteiger charge is 2.47. The molecule has 32 heavy (non-hydrogen) atoms. The molecule has 0 spiro atoms. The van der Waals surface area contributed by atoms with Crippen LogP contribution in [0.3, 0.4) is 0 Å². The van der Waals surface area contributed by atoms with Crippen molar-refractivity contribution >= 4 is 5.78 Å². The Kier molecular flexibility index (Phi) is 5.61. The molecule has 0 aliphatic carbocycles. The third-order valence-corrected chi connectivity index (χ3v) is 5.75. The number of aliphatic hydroxyl groups excluding tert-OH is 4. The smallest absolute Gasteiger partial charge is 0.174 e. The van der Waals surface area contributed by atoms with E-state index in [1.165, 1.54) is 18.2 Å². The second kappa shape index (κ2) is 8.11. The predicted octanol–water partition coefficient (Wildman–Crippen LogP) is -0.270. The lowest BCUT2D eigenvalue weighted by atomic mass is 9.87. The van der Waals surface area contributed by atoms with Gasteiger partial charge in [0.2, 0.25) is 0 Å². The minimum Gasteiger partial charge on any atom is -0.507 e. The summed E-state index contributed by atoms with van der Waals surface area (Å²) in [6.07, 6.45) is -9.14. The Bertz CT molecular complexity index is 1050. The molecule has 0 aromatic heterocycles. The van der Waals surface area contributed by atoms with Gasteiger partial charge in [-0.25, -0.2) is 0 Å². The van der Waals surface area contributed by atoms with E-state index in [4.69, 9.17) is 9.47 Å². The molecule has 8 N–H and O–H groups in total. The fraction of sp³-hybridized carbons (Fsp3) is 0.381. The van der Waals surface area contributed by atoms with Crippen molar-refractivity contribution in [1.82, 2.24) is 0 Å². The lowest BCUT2D eigenvalue weighted by Crippen LogP contribution is -2.55. The molecule has 2 aromatic rings. The minimum atomic E-state index is -1.78. The summed E-state index contributed by atoms with van der Waals surface area (Å²) < 4.78 is 11.1. The van der Waals surface area contributed by atoms with Gasteiger partial charge in [0, 0.05) is 6.07 Å². The molecule has 0 saturated carbocycles. The van der Waals surface area contributed by atoms with E-state index in [0.29, 0.717) is 5.56 Å². The summed E-state index contributed by atoms with van der Waals surface area (Å²) in [4.78, 5) is 12.8. The van der Waals surface area contributed by atoms with Crippen molar-refractivity contribution in [2.24, 2.45) is 0 Å². The summed E-state index contributed by atoms with van der Waals surface area (Å²) in [5.74, 6) is -2.85. The molecule has 11 nitrogen and oxygen atoms in total. The second-order valence-corrected chi connectivity index (χ2v) is 7.76. The topological polar surface area (TPSA) is 197 Å². The fourth-order valence-corrected chi connectivity index (χ4v) is 4.02. The summed E-state index contributed by atoms with van der Waals surface area (Å²) in [6.45, 7) is -0.711. The highest BCUT2D eigenvalue weighted by Crippen LogP contribution is 2.49. The van der Waals surface area contributed by atoms with E-state index in [0.717, 1.165) is 6.07 Å². The van der Waals surface area contributed by atoms with E-state index < -0.39 is 71.8 Å². The highest BCUT2D eigenvalue weighted by molar-refractivity contribution is 6.03. The van der Waals surface area contributed by atoms with Crippen molar-refractivity contribution < 1.29 is 55.1 Å². The molecule has 2 aliphatic rings. The SMILES string of the molecule is O=C1C[C@H](c2ccc(O)c(O)c2)Oc2cc(O)c([C@@H]3O[C@H](CO)[C@@H](O)[C@H](O)[C@H]3O)c(O)c21. The van der Waals surface area contributed by atoms with Gasteiger partial charge in [0.05, 0.1) is 18.6 Å². The minimum absolute atomic E-state index is 0.165. The zero-order valence-electron chi connectivity index (χ0n) is 16.5. The van der Waals surface area contributed by atoms with Gasteiger partial charge in [0.25, 0.3) is 0 Å². The maximum absolute atomic E-state index is 12.8. The largest absolute Gasteiger partial charge is 0.507 e. The summed E-state index contributed by atoms with van der Waals surface area (Å²) in [5.41, 5.74) is -0.316. The highest BCUT2D eigenvalue weighted by atomic mass is 16.5. The van der Waals surface area contributed by atoms with Crippen molar-refractivity contribution in [3.8, 4) is 28.7 Å². The van der Waals surface area contributed by atoms with E-state index in [2.05, 4.69) is 0 Å². The van der Waals surface area contributed by atoms with E-state index >= 15 is 0 Å². The number of aromatic hydroxyl groups is 4. The molecule has 1 saturated heterocycles. The van der Waals surface area contributed by atoms with Crippen LogP contribution in [0.1, 0.15) is 40.1 Å². The van der Waals surface area contributed by atoms with Crippen LogP contribution in [0.4, 0.5) is 0 Å². The molecule has 0 radical (unpaired) electrons. The van der Waals surface area contributed by atoms with Crippen LogP contribution in [0.2, 0.25) is 0 Å². The van der Waals surface area contributed by atoms with Crippen molar-refractivity contribution in [2.45, 2.75) is 43.0 Å². The Morgan fingerprint density at radius 2 is 1.62 bits per heavy atom. The number of fused-ring (bicyclic) bond motifs is 1. The zero-order valence-corrected chi connectivity index (χ0v) is 16.5. The maximum Gasteiger partial charge on any atom is 0.174 e. The van der Waals surface area contributed by atoms with Crippen LogP contribution in [0.15, 0.2) is 24.3 Å². The number of benzene rings is 2. The fourth-order valence-electron chi connectivity index (χ4n) is 4.02. The molecule has 0 amide bonds. The summed E-state index contributed by atoms with van der Waals surface area (Å²) in [6, 6.07) is 4.93. The van der Waals surface area contributed by atoms with Crippen molar-refractivity contribution in [3.63, 3.8) is 0 Å². The Morgan fingerprint density at radius 3 is 2.28 bits per heavy atom. The van der Waals surface area contributed by atoms with Gasteiger partial charge < -0.3 is 50.3 Å². The van der Waals surface area contributed by atoms with Crippen LogP contribution in [0.25, 0.3) is 0 Å². The number of phenolic OH excluding ortho intramolecular Hbond substituents is 4. The number of Topliss-reactive ketones (excluding diaryl/α,β-unsaturated/α-hetero) is 1. The van der Waals surface area contributed by atoms with Crippen LogP contribution in [-0.2, 0) is 4.74 Å². The number of ether oxygens (including phenoxy) is 2. The third-order valence-electron chi connectivity index (χ3n) is 5.75. The molecular formula is C21H22O11. The second-order valence-electron chi connectivity index (χ2n) is 7.76. The number of aliphatic hydroxyl groups is 4. The van der Waals surface area contributed by atoms with Gasteiger partial charge in [-0.3, -0.25) is 4.79 Å². The first-order valence-corrected chi connectivity index (χ1v) is 9.75. The van der Waals surface area contributed by atoms with Gasteiger partial charge in [0.15, 0.2) is 17.3 Å². The first-order chi connectivity index (χ1) is 15.1. The van der Waals surface area contributed by atoms with Gasteiger partial charge in [-0.1, -0.05) is 6.07 Å². The number of carbonyl (C=O) groups excluding carboxylic acids is 1. The Balaban J connectivity index is 1.72. The van der Waals surface area contributed by atoms with Crippen LogP contribution in [0.5, 0.6) is 28.7 Å². The van der Waals surface area contributed by atoms with Gasteiger partial charge in [-0.2, -0.15) is 0 Å². The van der Waals surface area contributed by atoms with Gasteiger partial charge >= 0.3 is 0 Å². The molecule has 6 atom stereocenters. The number of rotatable bonds is 3. The lowest BCUT2D eigenvalue weighted by molar-refractivity contribution is -0.232. The standard InChI is InChI=1S/C21H22O11/c22-6-14-17(27)19(29)20(30)21(32-14)16-11(26)5-13-15(18(16)28)10(25)4-12(31-13)7-1-2-8(23)9(24)3-7/h1-3,5,12,14,17,19-24,26-30H,4,6H2/t12-,14-,17-,19+,20-,21+/m1/s1. The van der Waals surface area contributed by atoms with E-state index in [1.807, 2.05) is 0 Å². The van der Waals surface area contributed by atoms with E-state index in [1.54, 1.807) is 0 Å². The lowest BCUT2D eigenvalue weighted by Gasteiger charge is -2.40. The number of hydrogen-bond donors (Lipinski definition) is 8. The molecule has 4 rings (SSSR count). The van der Waals surface area contributed by atoms with Gasteiger partial charge in [0.1, 0.15) is 59.4 Å². The van der Waals surface area contributed by atoms with E-state index in [-0.39, 0.29) is 23.5 Å². The molecule has 172 valence electrons. The number of ketones is 1. The first-order valence-electron chi connectivity index (χ1n) is 9.75. The van der Waals surface area contributed by atoms with Crippen molar-refractivity contribution in [1.29, 1.82) is 0 Å². The molecule has 0 unspecified atom stereocenters. The van der Waals surface area contributed by atoms with E-state index in [9.17, 15) is 45.6 Å². The summed E-state index contributed by atoms with van der Waals surface area (Å²) >= 11 is 0. The van der Waals surface area contributed by atoms with Crippen LogP contribution >= 0.6 is 0 Å². The van der Waals surface area contributed by atoms with Gasteiger partial charge in [-0.15, -0.1) is 0 Å². The average molecular weight is 450 g/mol. The van der Waals surface area contributed by atoms with Crippen molar-refractivity contribution in [3.05, 3.63) is 41.0 Å². The Labute approximate surface area is 181 Å². The quantitative estimate of drug-likeness (QED) is 0.287. The molecule has 1 fully saturated rings. The zero-order chi connectivity index (χ0) is 23.3. The van der Waals surface area contributed by atoms with Crippen LogP contribution < -0.4 is 4.74 Å². The predicted molar refractivity (Wildman–Crippen MR) is 105 cm³/mol. The summed E-state index contributed by atoms with van der Waals surface area (Å²) in [5, 5.41) is 80.1. The average Bonchev–Trinajstić information content (AvgIpc) is 2.74. The van der Waals surface area contributed by atoms with Crippen LogP contribution in [-0.4, -0.2) is 77.7 Å².